The Morgan fingerprint density at radius 3 is 2.72 bits per heavy atom. The first-order valence-corrected chi connectivity index (χ1v) is 10.7. The Hall–Kier alpha value is -2.97. The molecule has 0 unspecified atom stereocenters. The molecular formula is C21H20FN3O3S. The molecule has 29 heavy (non-hydrogen) atoms. The first-order valence-electron chi connectivity index (χ1n) is 9.18. The van der Waals surface area contributed by atoms with Gasteiger partial charge in [0, 0.05) is 35.8 Å². The van der Waals surface area contributed by atoms with Crippen LogP contribution in [0.4, 0.5) is 4.39 Å². The third-order valence-corrected chi connectivity index (χ3v) is 6.59. The lowest BCUT2D eigenvalue weighted by Crippen LogP contribution is -2.35. The number of sulfonamides is 1. The Labute approximate surface area is 168 Å². The zero-order chi connectivity index (χ0) is 20.6. The first kappa shape index (κ1) is 19.4. The fourth-order valence-electron chi connectivity index (χ4n) is 3.56. The summed E-state index contributed by atoms with van der Waals surface area (Å²) < 4.78 is 40.4. The molecule has 6 nitrogen and oxygen atoms in total. The average molecular weight is 413 g/mol. The third kappa shape index (κ3) is 3.56. The molecule has 1 aliphatic rings. The number of hydrogen-bond acceptors (Lipinski definition) is 3. The summed E-state index contributed by atoms with van der Waals surface area (Å²) in [6, 6.07) is 11.2. The Kier molecular flexibility index (Phi) is 4.97. The zero-order valence-electron chi connectivity index (χ0n) is 15.8. The fourth-order valence-corrected chi connectivity index (χ4v) is 4.31. The largest absolute Gasteiger partial charge is 0.361 e. The summed E-state index contributed by atoms with van der Waals surface area (Å²) in [6.45, 7) is 0.753. The molecule has 0 spiro atoms. The highest BCUT2D eigenvalue weighted by molar-refractivity contribution is 7.89. The smallest absolute Gasteiger partial charge is 0.257 e. The first-order chi connectivity index (χ1) is 13.9. The molecule has 8 heteroatoms. The topological polar surface area (TPSA) is 82.3 Å². The maximum Gasteiger partial charge on any atom is 0.257 e. The van der Waals surface area contributed by atoms with Crippen molar-refractivity contribution in [1.82, 2.24) is 14.6 Å². The van der Waals surface area contributed by atoms with Gasteiger partial charge in [0.2, 0.25) is 10.0 Å². The van der Waals surface area contributed by atoms with E-state index >= 15 is 0 Å². The maximum absolute atomic E-state index is 14.3. The molecule has 0 fully saturated rings. The molecule has 1 amide bonds. The lowest BCUT2D eigenvalue weighted by atomic mass is 9.98. The van der Waals surface area contributed by atoms with Gasteiger partial charge in [-0.25, -0.2) is 17.5 Å². The van der Waals surface area contributed by atoms with Gasteiger partial charge in [0.15, 0.2) is 0 Å². The molecule has 1 aromatic heterocycles. The minimum atomic E-state index is -3.76. The van der Waals surface area contributed by atoms with Crippen LogP contribution in [-0.2, 0) is 10.0 Å². The van der Waals surface area contributed by atoms with Crippen LogP contribution in [0.5, 0.6) is 0 Å². The lowest BCUT2D eigenvalue weighted by Gasteiger charge is -2.27. The molecule has 0 radical (unpaired) electrons. The summed E-state index contributed by atoms with van der Waals surface area (Å²) in [5.41, 5.74) is 3.02. The van der Waals surface area contributed by atoms with E-state index in [1.54, 1.807) is 0 Å². The highest BCUT2D eigenvalue weighted by Crippen LogP contribution is 2.29. The average Bonchev–Trinajstić information content (AvgIpc) is 3.18. The van der Waals surface area contributed by atoms with Gasteiger partial charge in [-0.05, 0) is 43.3 Å². The number of fused-ring (bicyclic) bond motifs is 1. The van der Waals surface area contributed by atoms with Crippen molar-refractivity contribution in [2.24, 2.45) is 0 Å². The van der Waals surface area contributed by atoms with Crippen molar-refractivity contribution >= 4 is 32.4 Å². The molecular weight excluding hydrogens is 393 g/mol. The van der Waals surface area contributed by atoms with Gasteiger partial charge in [-0.2, -0.15) is 0 Å². The number of H-pyrrole nitrogens is 1. The number of halogens is 1. The third-order valence-electron chi connectivity index (χ3n) is 5.18. The summed E-state index contributed by atoms with van der Waals surface area (Å²) in [6.07, 6.45) is 4.55. The Morgan fingerprint density at radius 2 is 2.00 bits per heavy atom. The summed E-state index contributed by atoms with van der Waals surface area (Å²) in [5.74, 6) is -1.26. The number of benzene rings is 2. The van der Waals surface area contributed by atoms with Crippen LogP contribution in [0.1, 0.15) is 22.3 Å². The number of nitrogens with one attached hydrogen (secondary N) is 2. The van der Waals surface area contributed by atoms with Crippen molar-refractivity contribution < 1.29 is 17.6 Å². The summed E-state index contributed by atoms with van der Waals surface area (Å²) >= 11 is 0. The number of rotatable bonds is 4. The number of hydrogen-bond donors (Lipinski definition) is 2. The van der Waals surface area contributed by atoms with Gasteiger partial charge in [0.1, 0.15) is 5.82 Å². The minimum Gasteiger partial charge on any atom is -0.361 e. The minimum absolute atomic E-state index is 0.142. The molecule has 2 N–H and O–H groups in total. The van der Waals surface area contributed by atoms with Gasteiger partial charge in [0.05, 0.1) is 10.5 Å². The van der Waals surface area contributed by atoms with Crippen LogP contribution < -0.4 is 4.72 Å². The van der Waals surface area contributed by atoms with Gasteiger partial charge in [0.25, 0.3) is 5.91 Å². The molecule has 0 saturated heterocycles. The number of nitrogens with zero attached hydrogens (tertiary/aromatic N) is 1. The molecule has 0 aliphatic carbocycles. The van der Waals surface area contributed by atoms with Crippen molar-refractivity contribution in [1.29, 1.82) is 0 Å². The number of carbonyl (C=O) groups is 1. The van der Waals surface area contributed by atoms with Gasteiger partial charge in [-0.15, -0.1) is 0 Å². The van der Waals surface area contributed by atoms with Crippen LogP contribution in [0.3, 0.4) is 0 Å². The standard InChI is InChI=1S/C21H20FN3O3S/c1-23-29(27,28)15-6-7-19(22)17(12-15)21(26)25-10-8-14(9-11-25)18-13-24-20-5-3-2-4-16(18)20/h2-8,12-13,23-24H,9-11H2,1H3. The monoisotopic (exact) mass is 413 g/mol. The van der Waals surface area contributed by atoms with E-state index in [0.717, 1.165) is 40.2 Å². The van der Waals surface area contributed by atoms with Crippen LogP contribution in [-0.4, -0.2) is 44.3 Å². The van der Waals surface area contributed by atoms with E-state index in [0.29, 0.717) is 19.5 Å². The number of para-hydroxylation sites is 1. The highest BCUT2D eigenvalue weighted by Gasteiger charge is 2.24. The van der Waals surface area contributed by atoms with E-state index in [1.807, 2.05) is 36.5 Å². The molecule has 150 valence electrons. The fraction of sp³-hybridized carbons (Fsp3) is 0.190. The van der Waals surface area contributed by atoms with Crippen LogP contribution in [0.15, 0.2) is 59.6 Å². The summed E-state index contributed by atoms with van der Waals surface area (Å²) in [4.78, 5) is 17.5. The maximum atomic E-state index is 14.3. The second kappa shape index (κ2) is 7.46. The van der Waals surface area contributed by atoms with Crippen LogP contribution in [0.2, 0.25) is 0 Å². The molecule has 1 aliphatic heterocycles. The molecule has 3 aromatic rings. The van der Waals surface area contributed by atoms with E-state index in [1.165, 1.54) is 11.9 Å². The van der Waals surface area contributed by atoms with E-state index < -0.39 is 21.7 Å². The summed E-state index contributed by atoms with van der Waals surface area (Å²) in [7, 11) is -2.50. The highest BCUT2D eigenvalue weighted by atomic mass is 32.2. The quantitative estimate of drug-likeness (QED) is 0.689. The van der Waals surface area contributed by atoms with Crippen LogP contribution >= 0.6 is 0 Å². The van der Waals surface area contributed by atoms with Gasteiger partial charge in [-0.1, -0.05) is 24.3 Å². The van der Waals surface area contributed by atoms with Crippen LogP contribution in [0.25, 0.3) is 16.5 Å². The molecule has 2 heterocycles. The van der Waals surface area contributed by atoms with Crippen molar-refractivity contribution in [2.75, 3.05) is 20.1 Å². The predicted molar refractivity (Wildman–Crippen MR) is 109 cm³/mol. The predicted octanol–water partition coefficient (Wildman–Crippen LogP) is 3.14. The van der Waals surface area contributed by atoms with Crippen LogP contribution in [0, 0.1) is 5.82 Å². The van der Waals surface area contributed by atoms with Gasteiger partial charge in [-0.3, -0.25) is 4.79 Å². The van der Waals surface area contributed by atoms with E-state index in [9.17, 15) is 17.6 Å². The van der Waals surface area contributed by atoms with Crippen molar-refractivity contribution in [3.8, 4) is 0 Å². The van der Waals surface area contributed by atoms with E-state index in [4.69, 9.17) is 0 Å². The second-order valence-corrected chi connectivity index (χ2v) is 8.71. The lowest BCUT2D eigenvalue weighted by molar-refractivity contribution is 0.0768. The number of aromatic amines is 1. The van der Waals surface area contributed by atoms with E-state index in [-0.39, 0.29) is 10.5 Å². The summed E-state index contributed by atoms with van der Waals surface area (Å²) in [5, 5.41) is 1.12. The molecule has 0 atom stereocenters. The normalized spacial score (nSPS) is 14.8. The van der Waals surface area contributed by atoms with E-state index in [2.05, 4.69) is 9.71 Å². The van der Waals surface area contributed by atoms with Crippen molar-refractivity contribution in [3.05, 3.63) is 71.7 Å². The van der Waals surface area contributed by atoms with Crippen molar-refractivity contribution in [2.45, 2.75) is 11.3 Å². The molecule has 0 bridgehead atoms. The second-order valence-electron chi connectivity index (χ2n) is 6.83. The Morgan fingerprint density at radius 1 is 1.21 bits per heavy atom. The Balaban J connectivity index is 1.59. The molecule has 4 rings (SSSR count). The van der Waals surface area contributed by atoms with Crippen molar-refractivity contribution in [3.63, 3.8) is 0 Å². The number of amides is 1. The van der Waals surface area contributed by atoms with Gasteiger partial charge >= 0.3 is 0 Å². The molecule has 2 aromatic carbocycles. The Bertz CT molecular complexity index is 1230. The number of carbonyl (C=O) groups excluding carboxylic acids is 1. The number of aromatic nitrogens is 1. The SMILES string of the molecule is CNS(=O)(=O)c1ccc(F)c(C(=O)N2CC=C(c3c[nH]c4ccccc34)CC2)c1. The molecule has 0 saturated carbocycles. The van der Waals surface area contributed by atoms with Gasteiger partial charge < -0.3 is 9.88 Å². The zero-order valence-corrected chi connectivity index (χ0v) is 16.6.